The van der Waals surface area contributed by atoms with Gasteiger partial charge < -0.3 is 9.47 Å². The second-order valence-electron chi connectivity index (χ2n) is 13.3. The van der Waals surface area contributed by atoms with Crippen molar-refractivity contribution >= 4 is 0 Å². The van der Waals surface area contributed by atoms with Crippen LogP contribution in [0.5, 0.6) is 0 Å². The van der Waals surface area contributed by atoms with Gasteiger partial charge in [0.2, 0.25) is 0 Å². The predicted octanol–water partition coefficient (Wildman–Crippen LogP) is 7.21. The summed E-state index contributed by atoms with van der Waals surface area (Å²) in [5.74, 6) is 5.58. The minimum atomic E-state index is -0.266. The van der Waals surface area contributed by atoms with Gasteiger partial charge in [-0.25, -0.2) is 0 Å². The molecule has 0 aromatic carbocycles. The van der Waals surface area contributed by atoms with E-state index in [-0.39, 0.29) is 5.79 Å². The van der Waals surface area contributed by atoms with E-state index in [9.17, 15) is 0 Å². The summed E-state index contributed by atoms with van der Waals surface area (Å²) in [4.78, 5) is 0. The quantitative estimate of drug-likeness (QED) is 0.417. The van der Waals surface area contributed by atoms with Crippen molar-refractivity contribution in [3.63, 3.8) is 0 Å². The summed E-state index contributed by atoms with van der Waals surface area (Å²) in [7, 11) is 0. The Labute approximate surface area is 185 Å². The van der Waals surface area contributed by atoms with Crippen molar-refractivity contribution in [3.8, 4) is 0 Å². The molecular weight excluding hydrogens is 368 g/mol. The molecule has 11 atom stereocenters. The van der Waals surface area contributed by atoms with Crippen LogP contribution in [0, 0.1) is 52.3 Å². The maximum Gasteiger partial charge on any atom is 0.171 e. The van der Waals surface area contributed by atoms with E-state index >= 15 is 0 Å². The molecule has 0 aromatic rings. The summed E-state index contributed by atoms with van der Waals surface area (Å²) >= 11 is 0. The minimum Gasteiger partial charge on any atom is -0.349 e. The van der Waals surface area contributed by atoms with Crippen molar-refractivity contribution in [2.75, 3.05) is 6.61 Å². The Bertz CT molecular complexity index is 676. The molecule has 0 N–H and O–H groups in total. The van der Waals surface area contributed by atoms with Crippen LogP contribution in [-0.2, 0) is 9.47 Å². The summed E-state index contributed by atoms with van der Waals surface area (Å²) in [6.45, 7) is 11.1. The van der Waals surface area contributed by atoms with E-state index in [0.717, 1.165) is 36.7 Å². The average molecular weight is 415 g/mol. The Hall–Kier alpha value is -0.0800. The highest BCUT2D eigenvalue weighted by molar-refractivity contribution is 5.15. The molecule has 5 unspecified atom stereocenters. The van der Waals surface area contributed by atoms with Gasteiger partial charge in [-0.3, -0.25) is 0 Å². The van der Waals surface area contributed by atoms with Crippen molar-refractivity contribution in [1.82, 2.24) is 0 Å². The Morgan fingerprint density at radius 2 is 1.63 bits per heavy atom. The number of rotatable bonds is 0. The van der Waals surface area contributed by atoms with Gasteiger partial charge in [0.05, 0.1) is 12.7 Å². The lowest BCUT2D eigenvalue weighted by Crippen LogP contribution is -2.53. The van der Waals surface area contributed by atoms with Crippen LogP contribution in [0.2, 0.25) is 0 Å². The summed E-state index contributed by atoms with van der Waals surface area (Å²) in [5, 5.41) is 0. The Morgan fingerprint density at radius 1 is 0.767 bits per heavy atom. The molecule has 2 saturated heterocycles. The second-order valence-corrected chi connectivity index (χ2v) is 13.3. The minimum absolute atomic E-state index is 0.266. The SMILES string of the molecule is CC1CCC[C@@]2(OC1)O[C@H]1CC3[C@@H]4CC[C@@H]5CCCC[C@]5(C)C4CC[C@]3(C)C1C2C. The van der Waals surface area contributed by atoms with Crippen molar-refractivity contribution in [2.24, 2.45) is 52.3 Å². The van der Waals surface area contributed by atoms with Crippen molar-refractivity contribution in [1.29, 1.82) is 0 Å². The summed E-state index contributed by atoms with van der Waals surface area (Å²) in [5.41, 5.74) is 1.13. The molecule has 1 spiro atoms. The van der Waals surface area contributed by atoms with E-state index in [1.807, 2.05) is 0 Å². The summed E-state index contributed by atoms with van der Waals surface area (Å²) in [6.07, 6.45) is 17.5. The third kappa shape index (κ3) is 2.68. The molecule has 6 aliphatic rings. The zero-order chi connectivity index (χ0) is 20.7. The fraction of sp³-hybridized carbons (Fsp3) is 1.00. The van der Waals surface area contributed by atoms with Crippen LogP contribution < -0.4 is 0 Å². The van der Waals surface area contributed by atoms with Gasteiger partial charge >= 0.3 is 0 Å². The van der Waals surface area contributed by atoms with Gasteiger partial charge in [-0.05, 0) is 104 Å². The Kier molecular flexibility index (Phi) is 4.76. The zero-order valence-electron chi connectivity index (χ0n) is 20.1. The lowest BCUT2D eigenvalue weighted by Gasteiger charge is -2.60. The van der Waals surface area contributed by atoms with Crippen LogP contribution in [0.4, 0.5) is 0 Å². The van der Waals surface area contributed by atoms with Gasteiger partial charge in [0.15, 0.2) is 5.79 Å². The Morgan fingerprint density at radius 3 is 2.50 bits per heavy atom. The number of ether oxygens (including phenoxy) is 2. The van der Waals surface area contributed by atoms with Gasteiger partial charge in [-0.2, -0.15) is 0 Å². The van der Waals surface area contributed by atoms with Crippen LogP contribution in [0.3, 0.4) is 0 Å². The van der Waals surface area contributed by atoms with Gasteiger partial charge in [-0.1, -0.05) is 40.5 Å². The van der Waals surface area contributed by atoms with E-state index in [4.69, 9.17) is 9.47 Å². The predicted molar refractivity (Wildman–Crippen MR) is 121 cm³/mol. The molecule has 0 bridgehead atoms. The molecule has 0 aromatic heterocycles. The third-order valence-corrected chi connectivity index (χ3v) is 12.1. The lowest BCUT2D eigenvalue weighted by atomic mass is 9.44. The summed E-state index contributed by atoms with van der Waals surface area (Å²) in [6, 6.07) is 0. The molecule has 0 radical (unpaired) electrons. The molecule has 170 valence electrons. The molecule has 4 aliphatic carbocycles. The molecule has 2 heteroatoms. The van der Waals surface area contributed by atoms with Gasteiger partial charge in [0.1, 0.15) is 0 Å². The Balaban J connectivity index is 1.27. The largest absolute Gasteiger partial charge is 0.349 e. The normalized spacial score (nSPS) is 60.4. The van der Waals surface area contributed by atoms with Gasteiger partial charge in [0.25, 0.3) is 0 Å². The van der Waals surface area contributed by atoms with Crippen molar-refractivity contribution in [2.45, 2.75) is 117 Å². The molecule has 2 aliphatic heterocycles. The first kappa shape index (κ1) is 20.5. The summed E-state index contributed by atoms with van der Waals surface area (Å²) < 4.78 is 13.6. The van der Waals surface area contributed by atoms with E-state index in [2.05, 4.69) is 27.7 Å². The van der Waals surface area contributed by atoms with Crippen molar-refractivity contribution in [3.05, 3.63) is 0 Å². The molecule has 0 amide bonds. The maximum atomic E-state index is 7.00. The number of hydrogen-bond donors (Lipinski definition) is 0. The van der Waals surface area contributed by atoms with Crippen LogP contribution in [0.25, 0.3) is 0 Å². The third-order valence-electron chi connectivity index (χ3n) is 12.1. The number of fused-ring (bicyclic) bond motifs is 7. The highest BCUT2D eigenvalue weighted by Gasteiger charge is 2.68. The molecule has 30 heavy (non-hydrogen) atoms. The molecule has 2 nitrogen and oxygen atoms in total. The van der Waals surface area contributed by atoms with Crippen LogP contribution in [-0.4, -0.2) is 18.5 Å². The van der Waals surface area contributed by atoms with Gasteiger partial charge in [-0.15, -0.1) is 0 Å². The van der Waals surface area contributed by atoms with E-state index in [0.29, 0.717) is 34.7 Å². The molecule has 6 rings (SSSR count). The second kappa shape index (κ2) is 6.96. The maximum absolute atomic E-state index is 7.00. The first-order chi connectivity index (χ1) is 14.4. The number of hydrogen-bond acceptors (Lipinski definition) is 2. The highest BCUT2D eigenvalue weighted by atomic mass is 16.7. The van der Waals surface area contributed by atoms with Gasteiger partial charge in [0, 0.05) is 12.3 Å². The average Bonchev–Trinajstić information content (AvgIpc) is 3.07. The van der Waals surface area contributed by atoms with Crippen LogP contribution in [0.15, 0.2) is 0 Å². The standard InChI is InChI=1S/C28H46O2/c1-18-8-7-14-28(29-17-18)19(2)25-24(30-28)16-23-21-11-10-20-9-5-6-13-26(20,3)22(21)12-15-27(23,25)4/h18-25H,5-17H2,1-4H3/t18?,19?,20-,21+,22?,23?,24-,25?,26-,27-,28+/m0/s1. The van der Waals surface area contributed by atoms with E-state index in [1.54, 1.807) is 0 Å². The zero-order valence-corrected chi connectivity index (χ0v) is 20.1. The molecule has 4 saturated carbocycles. The monoisotopic (exact) mass is 414 g/mol. The molecular formula is C28H46O2. The highest BCUT2D eigenvalue weighted by Crippen LogP contribution is 2.71. The fourth-order valence-electron chi connectivity index (χ4n) is 10.6. The first-order valence-electron chi connectivity index (χ1n) is 13.7. The molecule has 6 fully saturated rings. The molecule has 2 heterocycles. The first-order valence-corrected chi connectivity index (χ1v) is 13.7. The smallest absolute Gasteiger partial charge is 0.171 e. The fourth-order valence-corrected chi connectivity index (χ4v) is 10.6. The lowest BCUT2D eigenvalue weighted by molar-refractivity contribution is -0.250. The van der Waals surface area contributed by atoms with Crippen LogP contribution in [0.1, 0.15) is 105 Å². The van der Waals surface area contributed by atoms with E-state index in [1.165, 1.54) is 70.6 Å². The van der Waals surface area contributed by atoms with Crippen LogP contribution >= 0.6 is 0 Å². The topological polar surface area (TPSA) is 18.5 Å². The van der Waals surface area contributed by atoms with E-state index < -0.39 is 0 Å². The van der Waals surface area contributed by atoms with Crippen molar-refractivity contribution < 1.29 is 9.47 Å².